The van der Waals surface area contributed by atoms with Gasteiger partial charge in [0, 0.05) is 30.5 Å². The van der Waals surface area contributed by atoms with Gasteiger partial charge in [-0.15, -0.1) is 0 Å². The van der Waals surface area contributed by atoms with Crippen LogP contribution in [0.1, 0.15) is 38.1 Å². The fraction of sp³-hybridized carbons (Fsp3) is 0.750. The second-order valence-electron chi connectivity index (χ2n) is 20.0. The first-order chi connectivity index (χ1) is 42.5. The summed E-state index contributed by atoms with van der Waals surface area (Å²) >= 11 is 1.86. The first-order valence-corrected chi connectivity index (χ1v) is 32.4. The summed E-state index contributed by atoms with van der Waals surface area (Å²) in [5.74, 6) is 1.06. The van der Waals surface area contributed by atoms with Crippen molar-refractivity contribution in [2.45, 2.75) is 92.1 Å². The number of hydrogen-bond acceptors (Lipinski definition) is 30. The van der Waals surface area contributed by atoms with Gasteiger partial charge in [0.2, 0.25) is 11.9 Å². The van der Waals surface area contributed by atoms with Gasteiger partial charge in [0.15, 0.2) is 40.6 Å². The molecule has 8 heterocycles. The number of amides is 3. The van der Waals surface area contributed by atoms with E-state index in [1.807, 2.05) is 11.8 Å². The first-order valence-electron chi connectivity index (χ1n) is 28.4. The number of rotatable bonds is 43. The number of carbonyl (C=O) groups is 2. The Morgan fingerprint density at radius 3 is 1.73 bits per heavy atom. The van der Waals surface area contributed by atoms with Crippen LogP contribution in [0, 0.1) is 0 Å². The van der Waals surface area contributed by atoms with Gasteiger partial charge in [-0.2, -0.15) is 16.7 Å². The molecule has 0 radical (unpaired) electrons. The molecule has 13 atom stereocenters. The zero-order valence-electron chi connectivity index (χ0n) is 47.8. The monoisotopic (exact) mass is 1310 g/mol. The molecule has 3 amide bonds. The number of phosphoric ester groups is 2. The maximum Gasteiger partial charge on any atom is 0.472 e. The number of hydrogen-bond donors (Lipinski definition) is 12. The van der Waals surface area contributed by atoms with Crippen molar-refractivity contribution in [1.29, 1.82) is 0 Å². The van der Waals surface area contributed by atoms with E-state index in [1.165, 1.54) is 28.1 Å². The molecule has 40 heteroatoms. The van der Waals surface area contributed by atoms with Gasteiger partial charge in [-0.3, -0.25) is 41.8 Å². The summed E-state index contributed by atoms with van der Waals surface area (Å²) < 4.78 is 97.2. The van der Waals surface area contributed by atoms with Gasteiger partial charge >= 0.3 is 21.7 Å². The maximum atomic E-state index is 12.6. The van der Waals surface area contributed by atoms with E-state index in [4.69, 9.17) is 66.5 Å². The fourth-order valence-corrected chi connectivity index (χ4v) is 12.5. The van der Waals surface area contributed by atoms with E-state index in [2.05, 4.69) is 51.2 Å². The summed E-state index contributed by atoms with van der Waals surface area (Å²) in [5, 5.41) is 55.0. The van der Waals surface area contributed by atoms with Gasteiger partial charge < -0.3 is 99.8 Å². The smallest absolute Gasteiger partial charge is 0.387 e. The lowest BCUT2D eigenvalue weighted by atomic mass is 10.0. The van der Waals surface area contributed by atoms with Crippen molar-refractivity contribution in [3.05, 3.63) is 29.3 Å². The highest BCUT2D eigenvalue weighted by atomic mass is 32.2. The van der Waals surface area contributed by atoms with E-state index in [9.17, 15) is 53.7 Å². The number of carbonyl (C=O) groups excluding carboxylic acids is 2. The number of fused-ring (bicyclic) bond motifs is 3. The molecular weight excluding hydrogens is 1240 g/mol. The molecular formula is C48H77N13O24P2S. The Bertz CT molecular complexity index is 2980. The van der Waals surface area contributed by atoms with E-state index in [1.54, 1.807) is 0 Å². The topological polar surface area (TPSA) is 491 Å². The number of anilines is 2. The summed E-state index contributed by atoms with van der Waals surface area (Å²) in [6, 6.07) is 0.268. The number of nitrogens with two attached hydrogens (primary N) is 1. The quantitative estimate of drug-likeness (QED) is 0.0123. The van der Waals surface area contributed by atoms with E-state index in [0.29, 0.717) is 62.5 Å². The van der Waals surface area contributed by atoms with Crippen LogP contribution < -0.4 is 32.6 Å². The lowest BCUT2D eigenvalue weighted by Gasteiger charge is -2.17. The average Bonchev–Trinajstić information content (AvgIpc) is 2.90. The number of H-pyrrole nitrogens is 1. The number of aromatic nitrogens is 8. The number of thioether (sulfide) groups is 1. The number of urea groups is 1. The molecule has 0 aromatic carbocycles. The number of aromatic amines is 1. The molecule has 4 aliphatic heterocycles. The van der Waals surface area contributed by atoms with Gasteiger partial charge in [0.1, 0.15) is 43.0 Å². The van der Waals surface area contributed by atoms with Crippen molar-refractivity contribution in [3.8, 4) is 0 Å². The van der Waals surface area contributed by atoms with Crippen molar-refractivity contribution >= 4 is 73.4 Å². The van der Waals surface area contributed by atoms with Crippen LogP contribution in [-0.4, -0.2) is 273 Å². The number of phosphoric acid groups is 2. The average molecular weight is 1310 g/mol. The zero-order chi connectivity index (χ0) is 62.5. The molecule has 8 rings (SSSR count). The highest BCUT2D eigenvalue weighted by Gasteiger charge is 2.47. The summed E-state index contributed by atoms with van der Waals surface area (Å²) in [4.78, 5) is 79.3. The van der Waals surface area contributed by atoms with Gasteiger partial charge in [-0.1, -0.05) is 6.42 Å². The van der Waals surface area contributed by atoms with Crippen molar-refractivity contribution in [3.63, 3.8) is 0 Å². The van der Waals surface area contributed by atoms with Crippen molar-refractivity contribution < 1.29 is 110 Å². The highest BCUT2D eigenvalue weighted by Crippen LogP contribution is 2.46. The summed E-state index contributed by atoms with van der Waals surface area (Å²) in [7, 11) is -9.25. The SMILES string of the molecule is Nc1nc2c(ncn2[C@@H]2O[C@H](COP(=O)(O)OCCOCCOCCOCCOCCOCCOP(=O)(O)OC[C@H]3O[C@@H](n4cnc5c(NCCOCCOCCNC(=O)CCCC[C@@H]6SC[C@@H]7NC(=O)N[C@@H]76)ncnc54)[C@H](O)[C@@H]3O)[C@@H](O)[C@H]2O)c(=O)[nH]1. The lowest BCUT2D eigenvalue weighted by molar-refractivity contribution is -0.121. The van der Waals surface area contributed by atoms with E-state index >= 15 is 0 Å². The molecule has 0 spiro atoms. The molecule has 88 heavy (non-hydrogen) atoms. The van der Waals surface area contributed by atoms with Crippen LogP contribution in [0.2, 0.25) is 0 Å². The number of ether oxygens (including phenoxy) is 9. The molecule has 4 fully saturated rings. The van der Waals surface area contributed by atoms with E-state index in [-0.39, 0.29) is 126 Å². The molecule has 37 nitrogen and oxygen atoms in total. The minimum atomic E-state index is -4.63. The minimum Gasteiger partial charge on any atom is -0.387 e. The zero-order valence-corrected chi connectivity index (χ0v) is 50.4. The summed E-state index contributed by atoms with van der Waals surface area (Å²) in [6.07, 6.45) is -4.14. The number of imidazole rings is 2. The Balaban J connectivity index is 0.573. The van der Waals surface area contributed by atoms with Gasteiger partial charge in [0.25, 0.3) is 5.56 Å². The second-order valence-corrected chi connectivity index (χ2v) is 24.2. The number of unbranched alkanes of at least 4 members (excludes halogenated alkanes) is 1. The normalized spacial score (nSPS) is 25.7. The molecule has 4 aromatic rings. The molecule has 0 bridgehead atoms. The predicted octanol–water partition coefficient (Wildman–Crippen LogP) is -2.58. The van der Waals surface area contributed by atoms with E-state index < -0.39 is 83.5 Å². The van der Waals surface area contributed by atoms with Crippen LogP contribution in [0.3, 0.4) is 0 Å². The maximum absolute atomic E-state index is 12.6. The number of aliphatic hydroxyl groups is 4. The van der Waals surface area contributed by atoms with Crippen LogP contribution in [0.15, 0.2) is 23.8 Å². The number of nitrogens with one attached hydrogen (secondary N) is 5. The third-order valence-electron chi connectivity index (χ3n) is 13.8. The summed E-state index contributed by atoms with van der Waals surface area (Å²) in [5.41, 5.74) is 5.52. The van der Waals surface area contributed by atoms with Crippen LogP contribution in [0.4, 0.5) is 16.6 Å². The third-order valence-corrected chi connectivity index (χ3v) is 17.3. The number of nitrogen functional groups attached to an aromatic ring is 1. The Morgan fingerprint density at radius 2 is 1.16 bits per heavy atom. The van der Waals surface area contributed by atoms with Crippen molar-refractivity contribution in [2.24, 2.45) is 0 Å². The first kappa shape index (κ1) is 69.2. The summed E-state index contributed by atoms with van der Waals surface area (Å²) in [6.45, 7) is 1.72. The molecule has 4 saturated heterocycles. The molecule has 13 N–H and O–H groups in total. The Morgan fingerprint density at radius 1 is 0.648 bits per heavy atom. The van der Waals surface area contributed by atoms with Gasteiger partial charge in [-0.05, 0) is 12.8 Å². The Labute approximate surface area is 506 Å². The number of nitrogens with zero attached hydrogens (tertiary/aromatic N) is 7. The lowest BCUT2D eigenvalue weighted by Crippen LogP contribution is -2.36. The number of aliphatic hydroxyl groups excluding tert-OH is 4. The van der Waals surface area contributed by atoms with Gasteiger partial charge in [-0.25, -0.2) is 33.9 Å². The molecule has 0 aliphatic carbocycles. The van der Waals surface area contributed by atoms with E-state index in [0.717, 1.165) is 25.0 Å². The molecule has 4 aliphatic rings. The van der Waals surface area contributed by atoms with Crippen molar-refractivity contribution in [1.82, 2.24) is 55.0 Å². The highest BCUT2D eigenvalue weighted by molar-refractivity contribution is 8.00. The molecule has 4 aromatic heterocycles. The van der Waals surface area contributed by atoms with Gasteiger partial charge in [0.05, 0.1) is 144 Å². The standard InChI is InChI=1S/C48H77N13O24P2S/c49-47-58-43-36(44(67)59-47)55-28-61(43)46-40(66)38(64)31(85-46)24-83-87(71,72)81-22-20-79-18-16-77-14-12-75-11-13-76-15-17-78-19-21-80-86(69,70)82-23-30-37(63)39(65)45(84-30)60-27-54-35-41(52-26-53-42(35)60)51-6-8-74-10-9-73-7-5-50-33(62)4-2-1-3-32-34-29(25-88-32)56-48(68)57-34/h26-32,34,37-40,45-46,63-66H,1-25H2,(H,50,62)(H,69,70)(H,71,72)(H,51,52,53)(H2,56,57,68)(H3,49,58,59,67)/t29-,30+,31+,32-,34-,37+,38+,39+,40+,45+,46+/m0/s1. The third kappa shape index (κ3) is 20.4. The largest absolute Gasteiger partial charge is 0.472 e. The fourth-order valence-electron chi connectivity index (χ4n) is 9.49. The van der Waals surface area contributed by atoms with Crippen LogP contribution in [-0.2, 0) is 74.7 Å². The minimum absolute atomic E-state index is 0.0104. The molecule has 0 saturated carbocycles. The van der Waals surface area contributed by atoms with Crippen molar-refractivity contribution in [2.75, 3.05) is 149 Å². The van der Waals surface area contributed by atoms with Crippen LogP contribution in [0.25, 0.3) is 22.3 Å². The predicted molar refractivity (Wildman–Crippen MR) is 304 cm³/mol. The molecule has 494 valence electrons. The second kappa shape index (κ2) is 34.6. The van der Waals surface area contributed by atoms with Crippen LogP contribution >= 0.6 is 27.4 Å². The van der Waals surface area contributed by atoms with Crippen LogP contribution in [0.5, 0.6) is 0 Å². The molecule has 2 unspecified atom stereocenters. The Hall–Kier alpha value is -4.71. The Kier molecular flexibility index (Phi) is 27.2.